The number of aliphatic hydroxyl groups is 1. The Kier molecular flexibility index (Phi) is 3.54. The number of imidazole rings is 1. The molecule has 0 spiro atoms. The Morgan fingerprint density at radius 2 is 2.10 bits per heavy atom. The van der Waals surface area contributed by atoms with E-state index in [9.17, 15) is 5.11 Å². The van der Waals surface area contributed by atoms with Gasteiger partial charge in [0, 0.05) is 25.5 Å². The highest BCUT2D eigenvalue weighted by Gasteiger charge is 2.26. The molecule has 3 rings (SSSR count). The summed E-state index contributed by atoms with van der Waals surface area (Å²) >= 11 is 5.98. The SMILES string of the molecule is CC1CN(c2nc(Cl)nc(-n3ccnc3)n2)CCC1O. The van der Waals surface area contributed by atoms with Crippen molar-refractivity contribution in [2.24, 2.45) is 5.92 Å². The highest BCUT2D eigenvalue weighted by molar-refractivity contribution is 6.28. The van der Waals surface area contributed by atoms with Crippen LogP contribution in [0.25, 0.3) is 5.95 Å². The largest absolute Gasteiger partial charge is 0.393 e. The quantitative estimate of drug-likeness (QED) is 0.887. The molecule has 2 atom stereocenters. The van der Waals surface area contributed by atoms with E-state index in [1.54, 1.807) is 23.3 Å². The molecular formula is C12H15ClN6O. The second-order valence-corrected chi connectivity index (χ2v) is 5.29. The lowest BCUT2D eigenvalue weighted by Gasteiger charge is -2.34. The molecule has 0 amide bonds. The van der Waals surface area contributed by atoms with E-state index in [2.05, 4.69) is 19.9 Å². The third kappa shape index (κ3) is 2.59. The highest BCUT2D eigenvalue weighted by Crippen LogP contribution is 2.21. The zero-order valence-corrected chi connectivity index (χ0v) is 11.8. The van der Waals surface area contributed by atoms with Crippen molar-refractivity contribution in [1.29, 1.82) is 0 Å². The molecule has 0 saturated carbocycles. The lowest BCUT2D eigenvalue weighted by atomic mass is 9.97. The van der Waals surface area contributed by atoms with E-state index in [0.29, 0.717) is 31.4 Å². The fourth-order valence-electron chi connectivity index (χ4n) is 2.28. The monoisotopic (exact) mass is 294 g/mol. The first-order chi connectivity index (χ1) is 9.63. The van der Waals surface area contributed by atoms with Gasteiger partial charge in [0.25, 0.3) is 0 Å². The van der Waals surface area contributed by atoms with Crippen molar-refractivity contribution in [3.63, 3.8) is 0 Å². The molecule has 3 heterocycles. The number of hydrogen-bond donors (Lipinski definition) is 1. The van der Waals surface area contributed by atoms with E-state index in [4.69, 9.17) is 11.6 Å². The summed E-state index contributed by atoms with van der Waals surface area (Å²) in [5, 5.41) is 9.93. The Morgan fingerprint density at radius 3 is 2.80 bits per heavy atom. The van der Waals surface area contributed by atoms with E-state index >= 15 is 0 Å². The molecule has 0 radical (unpaired) electrons. The van der Waals surface area contributed by atoms with Crippen LogP contribution in [-0.2, 0) is 0 Å². The number of rotatable bonds is 2. The lowest BCUT2D eigenvalue weighted by Crippen LogP contribution is -2.42. The lowest BCUT2D eigenvalue weighted by molar-refractivity contribution is 0.0966. The van der Waals surface area contributed by atoms with Gasteiger partial charge in [0.15, 0.2) is 0 Å². The zero-order valence-electron chi connectivity index (χ0n) is 11.0. The number of hydrogen-bond acceptors (Lipinski definition) is 6. The van der Waals surface area contributed by atoms with Gasteiger partial charge in [0.2, 0.25) is 17.2 Å². The second kappa shape index (κ2) is 5.34. The minimum atomic E-state index is -0.267. The molecular weight excluding hydrogens is 280 g/mol. The first-order valence-corrected chi connectivity index (χ1v) is 6.84. The van der Waals surface area contributed by atoms with Gasteiger partial charge in [0.1, 0.15) is 6.33 Å². The van der Waals surface area contributed by atoms with Crippen molar-refractivity contribution in [3.8, 4) is 5.95 Å². The predicted molar refractivity (Wildman–Crippen MR) is 74.0 cm³/mol. The standard InChI is InChI=1S/C12H15ClN6O/c1-8-6-18(4-2-9(8)20)11-15-10(13)16-12(17-11)19-5-3-14-7-19/h3,5,7-9,20H,2,4,6H2,1H3. The number of piperidine rings is 1. The summed E-state index contributed by atoms with van der Waals surface area (Å²) in [6.07, 6.45) is 5.44. The van der Waals surface area contributed by atoms with E-state index in [1.807, 2.05) is 11.8 Å². The molecule has 1 saturated heterocycles. The molecule has 1 N–H and O–H groups in total. The number of aliphatic hydroxyl groups excluding tert-OH is 1. The van der Waals surface area contributed by atoms with Gasteiger partial charge in [0.05, 0.1) is 6.10 Å². The van der Waals surface area contributed by atoms with Gasteiger partial charge < -0.3 is 10.0 Å². The Labute approximate surface area is 121 Å². The third-order valence-corrected chi connectivity index (χ3v) is 3.63. The first-order valence-electron chi connectivity index (χ1n) is 6.46. The molecule has 2 unspecified atom stereocenters. The fourth-order valence-corrected chi connectivity index (χ4v) is 2.43. The van der Waals surface area contributed by atoms with Crippen molar-refractivity contribution >= 4 is 17.5 Å². The number of nitrogens with zero attached hydrogens (tertiary/aromatic N) is 6. The average molecular weight is 295 g/mol. The van der Waals surface area contributed by atoms with Crippen molar-refractivity contribution < 1.29 is 5.11 Å². The third-order valence-electron chi connectivity index (χ3n) is 3.46. The van der Waals surface area contributed by atoms with Crippen LogP contribution in [0, 0.1) is 5.92 Å². The Hall–Kier alpha value is -1.73. The maximum atomic E-state index is 9.78. The molecule has 2 aromatic rings. The summed E-state index contributed by atoms with van der Waals surface area (Å²) in [5.74, 6) is 1.15. The van der Waals surface area contributed by atoms with Crippen LogP contribution >= 0.6 is 11.6 Å². The van der Waals surface area contributed by atoms with Gasteiger partial charge in [-0.25, -0.2) is 4.98 Å². The van der Waals surface area contributed by atoms with Gasteiger partial charge in [-0.3, -0.25) is 4.57 Å². The van der Waals surface area contributed by atoms with Crippen LogP contribution in [0.1, 0.15) is 13.3 Å². The Balaban J connectivity index is 1.90. The van der Waals surface area contributed by atoms with Crippen LogP contribution in [0.15, 0.2) is 18.7 Å². The molecule has 1 aliphatic heterocycles. The summed E-state index contributed by atoms with van der Waals surface area (Å²) < 4.78 is 1.68. The predicted octanol–water partition coefficient (Wildman–Crippen LogP) is 0.918. The van der Waals surface area contributed by atoms with Crippen molar-refractivity contribution in [3.05, 3.63) is 24.0 Å². The molecule has 0 aromatic carbocycles. The molecule has 20 heavy (non-hydrogen) atoms. The summed E-state index contributed by atoms with van der Waals surface area (Å²) in [7, 11) is 0. The topological polar surface area (TPSA) is 80.0 Å². The van der Waals surface area contributed by atoms with Crippen molar-refractivity contribution in [2.75, 3.05) is 18.0 Å². The normalized spacial score (nSPS) is 23.1. The first kappa shape index (κ1) is 13.3. The minimum Gasteiger partial charge on any atom is -0.393 e. The number of anilines is 1. The zero-order chi connectivity index (χ0) is 14.1. The number of aromatic nitrogens is 5. The Morgan fingerprint density at radius 1 is 1.30 bits per heavy atom. The molecule has 2 aromatic heterocycles. The van der Waals surface area contributed by atoms with Crippen LogP contribution in [0.3, 0.4) is 0 Å². The van der Waals surface area contributed by atoms with Crippen molar-refractivity contribution in [2.45, 2.75) is 19.4 Å². The van der Waals surface area contributed by atoms with Crippen LogP contribution in [0.4, 0.5) is 5.95 Å². The summed E-state index contributed by atoms with van der Waals surface area (Å²) in [6.45, 7) is 3.41. The molecule has 1 aliphatic rings. The molecule has 106 valence electrons. The fraction of sp³-hybridized carbons (Fsp3) is 0.500. The van der Waals surface area contributed by atoms with Crippen LogP contribution in [0.2, 0.25) is 5.28 Å². The van der Waals surface area contributed by atoms with E-state index in [0.717, 1.165) is 0 Å². The van der Waals surface area contributed by atoms with Crippen LogP contribution in [-0.4, -0.2) is 48.8 Å². The molecule has 0 bridgehead atoms. The molecule has 7 nitrogen and oxygen atoms in total. The molecule has 0 aliphatic carbocycles. The average Bonchev–Trinajstić information content (AvgIpc) is 2.95. The van der Waals surface area contributed by atoms with Gasteiger partial charge in [-0.05, 0) is 23.9 Å². The summed E-state index contributed by atoms with van der Waals surface area (Å²) in [4.78, 5) is 18.7. The van der Waals surface area contributed by atoms with Gasteiger partial charge in [-0.15, -0.1) is 0 Å². The van der Waals surface area contributed by atoms with Crippen molar-refractivity contribution in [1.82, 2.24) is 24.5 Å². The minimum absolute atomic E-state index is 0.150. The van der Waals surface area contributed by atoms with E-state index in [1.165, 1.54) is 0 Å². The van der Waals surface area contributed by atoms with E-state index < -0.39 is 0 Å². The smallest absolute Gasteiger partial charge is 0.241 e. The van der Waals surface area contributed by atoms with Gasteiger partial charge in [-0.2, -0.15) is 15.0 Å². The highest BCUT2D eigenvalue weighted by atomic mass is 35.5. The molecule has 8 heteroatoms. The summed E-state index contributed by atoms with van der Waals surface area (Å²) in [5.41, 5.74) is 0. The van der Waals surface area contributed by atoms with Crippen LogP contribution in [0.5, 0.6) is 0 Å². The van der Waals surface area contributed by atoms with Gasteiger partial charge in [-0.1, -0.05) is 6.92 Å². The second-order valence-electron chi connectivity index (χ2n) is 4.95. The Bertz CT molecular complexity index is 590. The maximum absolute atomic E-state index is 9.78. The molecule has 1 fully saturated rings. The maximum Gasteiger partial charge on any atom is 0.241 e. The number of halogens is 1. The van der Waals surface area contributed by atoms with Crippen LogP contribution < -0.4 is 4.90 Å². The van der Waals surface area contributed by atoms with Gasteiger partial charge >= 0.3 is 0 Å². The summed E-state index contributed by atoms with van der Waals surface area (Å²) in [6, 6.07) is 0. The van der Waals surface area contributed by atoms with E-state index in [-0.39, 0.29) is 17.3 Å².